The first-order chi connectivity index (χ1) is 12.6. The monoisotopic (exact) mass is 345 g/mol. The highest BCUT2D eigenvalue weighted by Gasteiger charge is 2.14. The van der Waals surface area contributed by atoms with E-state index in [0.29, 0.717) is 6.61 Å². The molecule has 0 amide bonds. The van der Waals surface area contributed by atoms with Gasteiger partial charge >= 0.3 is 0 Å². The van der Waals surface area contributed by atoms with Crippen LogP contribution in [0.1, 0.15) is 41.8 Å². The summed E-state index contributed by atoms with van der Waals surface area (Å²) in [5, 5.41) is 0. The van der Waals surface area contributed by atoms with E-state index in [4.69, 9.17) is 9.72 Å². The Morgan fingerprint density at radius 3 is 2.08 bits per heavy atom. The number of rotatable bonds is 6. The zero-order chi connectivity index (χ0) is 18.5. The number of nitrogens with zero attached hydrogens (tertiary/aromatic N) is 1. The number of aromatic nitrogens is 1. The van der Waals surface area contributed by atoms with Crippen molar-refractivity contribution < 1.29 is 4.74 Å². The molecule has 2 nitrogen and oxygen atoms in total. The highest BCUT2D eigenvalue weighted by Crippen LogP contribution is 2.30. The fraction of sp³-hybridized carbons (Fsp3) is 0.292. The van der Waals surface area contributed by atoms with E-state index in [1.54, 1.807) is 0 Å². The molecular formula is C24H27NO. The van der Waals surface area contributed by atoms with Crippen molar-refractivity contribution >= 4 is 0 Å². The minimum atomic E-state index is 0.547. The van der Waals surface area contributed by atoms with Crippen molar-refractivity contribution in [2.45, 2.75) is 47.1 Å². The van der Waals surface area contributed by atoms with Gasteiger partial charge in [-0.15, -0.1) is 0 Å². The maximum absolute atomic E-state index is 5.95. The molecule has 0 aliphatic heterocycles. The van der Waals surface area contributed by atoms with Crippen LogP contribution in [0.5, 0.6) is 5.75 Å². The lowest BCUT2D eigenvalue weighted by Crippen LogP contribution is -2.05. The minimum absolute atomic E-state index is 0.547. The number of ether oxygens (including phenoxy) is 1. The summed E-state index contributed by atoms with van der Waals surface area (Å²) in [7, 11) is 0. The second-order valence-electron chi connectivity index (χ2n) is 6.65. The van der Waals surface area contributed by atoms with Crippen molar-refractivity contribution in [3.63, 3.8) is 0 Å². The number of pyridine rings is 1. The molecule has 134 valence electrons. The van der Waals surface area contributed by atoms with Gasteiger partial charge in [0.15, 0.2) is 0 Å². The number of aryl methyl sites for hydroxylation is 4. The summed E-state index contributed by atoms with van der Waals surface area (Å²) in [6.07, 6.45) is 2.03. The Morgan fingerprint density at radius 2 is 1.50 bits per heavy atom. The summed E-state index contributed by atoms with van der Waals surface area (Å²) in [4.78, 5) is 4.95. The molecule has 3 aromatic rings. The maximum atomic E-state index is 5.95. The van der Waals surface area contributed by atoms with Crippen LogP contribution in [-0.2, 0) is 19.4 Å². The van der Waals surface area contributed by atoms with Gasteiger partial charge in [0.1, 0.15) is 12.4 Å². The van der Waals surface area contributed by atoms with Crippen LogP contribution in [0.3, 0.4) is 0 Å². The Kier molecular flexibility index (Phi) is 5.72. The van der Waals surface area contributed by atoms with E-state index in [9.17, 15) is 0 Å². The van der Waals surface area contributed by atoms with E-state index in [1.807, 2.05) is 30.3 Å². The van der Waals surface area contributed by atoms with E-state index in [0.717, 1.165) is 30.0 Å². The molecule has 2 heteroatoms. The van der Waals surface area contributed by atoms with E-state index < -0.39 is 0 Å². The largest absolute Gasteiger partial charge is 0.489 e. The normalized spacial score (nSPS) is 10.8. The van der Waals surface area contributed by atoms with Crippen LogP contribution in [0.2, 0.25) is 0 Å². The predicted molar refractivity (Wildman–Crippen MR) is 109 cm³/mol. The Balaban J connectivity index is 1.95. The van der Waals surface area contributed by atoms with Crippen LogP contribution in [-0.4, -0.2) is 4.98 Å². The third-order valence-electron chi connectivity index (χ3n) is 4.94. The quantitative estimate of drug-likeness (QED) is 0.541. The highest BCUT2D eigenvalue weighted by atomic mass is 16.5. The summed E-state index contributed by atoms with van der Waals surface area (Å²) in [5.41, 5.74) is 8.56. The van der Waals surface area contributed by atoms with Crippen LogP contribution in [0, 0.1) is 13.8 Å². The van der Waals surface area contributed by atoms with Gasteiger partial charge in [-0.2, -0.15) is 0 Å². The number of hydrogen-bond acceptors (Lipinski definition) is 2. The third kappa shape index (κ3) is 3.80. The third-order valence-corrected chi connectivity index (χ3v) is 4.94. The van der Waals surface area contributed by atoms with Crippen LogP contribution in [0.25, 0.3) is 11.3 Å². The summed E-state index contributed by atoms with van der Waals surface area (Å²) in [5.74, 6) is 0.889. The zero-order valence-electron chi connectivity index (χ0n) is 16.2. The van der Waals surface area contributed by atoms with Crippen molar-refractivity contribution in [3.8, 4) is 17.0 Å². The molecule has 26 heavy (non-hydrogen) atoms. The molecule has 2 aromatic carbocycles. The van der Waals surface area contributed by atoms with Gasteiger partial charge in [0.25, 0.3) is 0 Å². The molecule has 0 atom stereocenters. The first kappa shape index (κ1) is 18.2. The second kappa shape index (κ2) is 8.18. The molecular weight excluding hydrogens is 318 g/mol. The topological polar surface area (TPSA) is 22.1 Å². The van der Waals surface area contributed by atoms with Gasteiger partial charge in [-0.3, -0.25) is 4.98 Å². The molecule has 0 bridgehead atoms. The first-order valence-corrected chi connectivity index (χ1v) is 9.40. The van der Waals surface area contributed by atoms with E-state index in [1.165, 1.54) is 27.8 Å². The van der Waals surface area contributed by atoms with Crippen molar-refractivity contribution in [1.82, 2.24) is 4.98 Å². The van der Waals surface area contributed by atoms with Crippen LogP contribution in [0.4, 0.5) is 0 Å². The first-order valence-electron chi connectivity index (χ1n) is 9.40. The van der Waals surface area contributed by atoms with Gasteiger partial charge < -0.3 is 4.74 Å². The summed E-state index contributed by atoms with van der Waals surface area (Å²) >= 11 is 0. The molecule has 0 fully saturated rings. The van der Waals surface area contributed by atoms with Crippen molar-refractivity contribution in [3.05, 3.63) is 82.5 Å². The number of benzene rings is 2. The molecule has 0 unspecified atom stereocenters. The molecule has 0 saturated heterocycles. The molecule has 0 aliphatic carbocycles. The second-order valence-corrected chi connectivity index (χ2v) is 6.65. The lowest BCUT2D eigenvalue weighted by molar-refractivity contribution is 0.304. The van der Waals surface area contributed by atoms with Gasteiger partial charge in [0, 0.05) is 16.8 Å². The lowest BCUT2D eigenvalue weighted by atomic mass is 9.93. The Bertz CT molecular complexity index is 839. The van der Waals surface area contributed by atoms with Gasteiger partial charge in [-0.05, 0) is 61.6 Å². The zero-order valence-corrected chi connectivity index (χ0v) is 16.2. The predicted octanol–water partition coefficient (Wildman–Crippen LogP) is 6.07. The van der Waals surface area contributed by atoms with E-state index in [-0.39, 0.29) is 0 Å². The summed E-state index contributed by atoms with van der Waals surface area (Å²) in [6.45, 7) is 9.20. The summed E-state index contributed by atoms with van der Waals surface area (Å²) in [6, 6.07) is 18.7. The smallest absolute Gasteiger partial charge is 0.119 e. The SMILES string of the molecule is CCc1cccc(CC)c1-c1cc(C)c(COc2ccccc2)c(C)n1. The van der Waals surface area contributed by atoms with Gasteiger partial charge in [0.05, 0.1) is 5.69 Å². The fourth-order valence-corrected chi connectivity index (χ4v) is 3.45. The van der Waals surface area contributed by atoms with Crippen LogP contribution < -0.4 is 4.74 Å². The minimum Gasteiger partial charge on any atom is -0.489 e. The Labute approximate surface area is 156 Å². The number of hydrogen-bond donors (Lipinski definition) is 0. The van der Waals surface area contributed by atoms with Gasteiger partial charge in [0.2, 0.25) is 0 Å². The van der Waals surface area contributed by atoms with E-state index in [2.05, 4.69) is 52.0 Å². The lowest BCUT2D eigenvalue weighted by Gasteiger charge is -2.17. The van der Waals surface area contributed by atoms with Crippen LogP contribution in [0.15, 0.2) is 54.6 Å². The fourth-order valence-electron chi connectivity index (χ4n) is 3.45. The number of para-hydroxylation sites is 1. The average Bonchev–Trinajstić information content (AvgIpc) is 2.67. The Hall–Kier alpha value is -2.61. The van der Waals surface area contributed by atoms with Crippen LogP contribution >= 0.6 is 0 Å². The van der Waals surface area contributed by atoms with Crippen molar-refractivity contribution in [1.29, 1.82) is 0 Å². The molecule has 0 radical (unpaired) electrons. The highest BCUT2D eigenvalue weighted by molar-refractivity contribution is 5.69. The molecule has 0 aliphatic rings. The van der Waals surface area contributed by atoms with Gasteiger partial charge in [-0.25, -0.2) is 0 Å². The standard InChI is InChI=1S/C24H27NO/c1-5-19-11-10-12-20(6-2)24(19)23-15-17(3)22(18(4)25-23)16-26-21-13-8-7-9-14-21/h7-15H,5-6,16H2,1-4H3. The van der Waals surface area contributed by atoms with Gasteiger partial charge in [-0.1, -0.05) is 50.2 Å². The molecule has 1 heterocycles. The molecule has 0 spiro atoms. The Morgan fingerprint density at radius 1 is 0.846 bits per heavy atom. The maximum Gasteiger partial charge on any atom is 0.119 e. The molecule has 0 N–H and O–H groups in total. The molecule has 1 aromatic heterocycles. The molecule has 0 saturated carbocycles. The average molecular weight is 345 g/mol. The van der Waals surface area contributed by atoms with E-state index >= 15 is 0 Å². The van der Waals surface area contributed by atoms with Crippen molar-refractivity contribution in [2.75, 3.05) is 0 Å². The summed E-state index contributed by atoms with van der Waals surface area (Å²) < 4.78 is 5.95. The molecule has 3 rings (SSSR count). The van der Waals surface area contributed by atoms with Crippen molar-refractivity contribution in [2.24, 2.45) is 0 Å².